The van der Waals surface area contributed by atoms with E-state index in [2.05, 4.69) is 39.9 Å². The van der Waals surface area contributed by atoms with Crippen LogP contribution in [0.5, 0.6) is 0 Å². The van der Waals surface area contributed by atoms with E-state index in [0.717, 1.165) is 21.8 Å². The van der Waals surface area contributed by atoms with Crippen LogP contribution in [0.1, 0.15) is 49.3 Å². The molecule has 3 aromatic rings. The van der Waals surface area contributed by atoms with Crippen molar-refractivity contribution < 1.29 is 4.79 Å². The highest BCUT2D eigenvalue weighted by atomic mass is 32.2. The van der Waals surface area contributed by atoms with Gasteiger partial charge >= 0.3 is 0 Å². The van der Waals surface area contributed by atoms with Crippen molar-refractivity contribution in [2.45, 2.75) is 51.8 Å². The number of benzene rings is 3. The van der Waals surface area contributed by atoms with Gasteiger partial charge in [-0.3, -0.25) is 4.79 Å². The number of thioether (sulfide) groups is 1. The molecule has 29 heavy (non-hydrogen) atoms. The summed E-state index contributed by atoms with van der Waals surface area (Å²) in [6.45, 7) is 11.6. The molecule has 0 saturated heterocycles. The van der Waals surface area contributed by atoms with Crippen molar-refractivity contribution in [2.24, 2.45) is 0 Å². The number of hydrogen-bond acceptors (Lipinski definition) is 2. The number of amides is 1. The van der Waals surface area contributed by atoms with Crippen LogP contribution in [0.4, 0.5) is 0 Å². The standard InChI is InChI=1S/C26H29NOS/c1-17-18(2)20(4)24(21(5)19(17)3)16-29-25-14-10-9-13-23(25)26(28)27-15-22-11-7-6-8-12-22/h6-14H,15-16H2,1-5H3,(H,27,28). The van der Waals surface area contributed by atoms with Crippen molar-refractivity contribution in [3.8, 4) is 0 Å². The maximum atomic E-state index is 12.8. The molecule has 3 aromatic carbocycles. The zero-order valence-corrected chi connectivity index (χ0v) is 18.7. The average Bonchev–Trinajstić information content (AvgIpc) is 2.75. The second kappa shape index (κ2) is 9.32. The third-order valence-corrected chi connectivity index (χ3v) is 7.05. The Morgan fingerprint density at radius 2 is 1.31 bits per heavy atom. The third kappa shape index (κ3) is 4.73. The molecule has 0 spiro atoms. The highest BCUT2D eigenvalue weighted by molar-refractivity contribution is 7.98. The van der Waals surface area contributed by atoms with Crippen LogP contribution >= 0.6 is 11.8 Å². The minimum atomic E-state index is -0.0262. The molecule has 0 aliphatic rings. The molecule has 0 heterocycles. The van der Waals surface area contributed by atoms with E-state index in [1.165, 1.54) is 33.4 Å². The summed E-state index contributed by atoms with van der Waals surface area (Å²) in [4.78, 5) is 13.8. The van der Waals surface area contributed by atoms with E-state index in [9.17, 15) is 4.79 Å². The van der Waals surface area contributed by atoms with Gasteiger partial charge in [-0.15, -0.1) is 11.8 Å². The summed E-state index contributed by atoms with van der Waals surface area (Å²) >= 11 is 1.74. The zero-order chi connectivity index (χ0) is 21.0. The first-order valence-corrected chi connectivity index (χ1v) is 11.0. The van der Waals surface area contributed by atoms with Gasteiger partial charge in [0.15, 0.2) is 0 Å². The van der Waals surface area contributed by atoms with Crippen molar-refractivity contribution in [1.82, 2.24) is 5.32 Å². The molecule has 0 aliphatic carbocycles. The Hall–Kier alpha value is -2.52. The predicted molar refractivity (Wildman–Crippen MR) is 124 cm³/mol. The van der Waals surface area contributed by atoms with Gasteiger partial charge in [-0.1, -0.05) is 42.5 Å². The molecule has 0 unspecified atom stereocenters. The molecule has 3 heteroatoms. The number of hydrogen-bond donors (Lipinski definition) is 1. The summed E-state index contributed by atoms with van der Waals surface area (Å²) in [6.07, 6.45) is 0. The Bertz CT molecular complexity index is 995. The minimum Gasteiger partial charge on any atom is -0.348 e. The van der Waals surface area contributed by atoms with Gasteiger partial charge in [0.05, 0.1) is 5.56 Å². The van der Waals surface area contributed by atoms with Gasteiger partial charge in [-0.25, -0.2) is 0 Å². The second-order valence-electron chi connectivity index (χ2n) is 7.56. The smallest absolute Gasteiger partial charge is 0.252 e. The number of carbonyl (C=O) groups excluding carboxylic acids is 1. The van der Waals surface area contributed by atoms with Gasteiger partial charge in [0.1, 0.15) is 0 Å². The van der Waals surface area contributed by atoms with Crippen molar-refractivity contribution in [2.75, 3.05) is 0 Å². The molecule has 0 atom stereocenters. The Kier molecular flexibility index (Phi) is 6.81. The number of carbonyl (C=O) groups is 1. The van der Waals surface area contributed by atoms with Crippen LogP contribution in [0, 0.1) is 34.6 Å². The van der Waals surface area contributed by atoms with E-state index in [1.54, 1.807) is 11.8 Å². The van der Waals surface area contributed by atoms with E-state index in [-0.39, 0.29) is 5.91 Å². The number of nitrogens with one attached hydrogen (secondary N) is 1. The topological polar surface area (TPSA) is 29.1 Å². The lowest BCUT2D eigenvalue weighted by atomic mass is 9.90. The molecule has 2 nitrogen and oxygen atoms in total. The average molecular weight is 404 g/mol. The maximum absolute atomic E-state index is 12.8. The van der Waals surface area contributed by atoms with Crippen molar-refractivity contribution in [3.63, 3.8) is 0 Å². The van der Waals surface area contributed by atoms with Gasteiger partial charge in [-0.05, 0) is 85.7 Å². The first-order chi connectivity index (χ1) is 13.9. The van der Waals surface area contributed by atoms with Crippen LogP contribution in [0.2, 0.25) is 0 Å². The predicted octanol–water partition coefficient (Wildman–Crippen LogP) is 6.45. The normalized spacial score (nSPS) is 10.8. The van der Waals surface area contributed by atoms with Crippen molar-refractivity contribution in [1.29, 1.82) is 0 Å². The summed E-state index contributed by atoms with van der Waals surface area (Å²) in [6, 6.07) is 17.9. The van der Waals surface area contributed by atoms with Gasteiger partial charge in [-0.2, -0.15) is 0 Å². The van der Waals surface area contributed by atoms with E-state index < -0.39 is 0 Å². The van der Waals surface area contributed by atoms with Gasteiger partial charge < -0.3 is 5.32 Å². The molecule has 0 aliphatic heterocycles. The SMILES string of the molecule is Cc1c(C)c(C)c(CSc2ccccc2C(=O)NCc2ccccc2)c(C)c1C. The van der Waals surface area contributed by atoms with Crippen molar-refractivity contribution >= 4 is 17.7 Å². The van der Waals surface area contributed by atoms with Crippen LogP contribution in [0.15, 0.2) is 59.5 Å². The Labute approximate surface area is 178 Å². The highest BCUT2D eigenvalue weighted by Gasteiger charge is 2.15. The van der Waals surface area contributed by atoms with Gasteiger partial charge in [0.2, 0.25) is 0 Å². The fraction of sp³-hybridized carbons (Fsp3) is 0.269. The number of rotatable bonds is 6. The Morgan fingerprint density at radius 3 is 1.97 bits per heavy atom. The lowest BCUT2D eigenvalue weighted by Crippen LogP contribution is -2.23. The summed E-state index contributed by atoms with van der Waals surface area (Å²) in [5, 5.41) is 3.05. The molecule has 0 saturated carbocycles. The van der Waals surface area contributed by atoms with E-state index in [4.69, 9.17) is 0 Å². The molecule has 150 valence electrons. The molecule has 1 N–H and O–H groups in total. The molecule has 0 bridgehead atoms. The largest absolute Gasteiger partial charge is 0.348 e. The monoisotopic (exact) mass is 403 g/mol. The van der Waals surface area contributed by atoms with E-state index in [1.807, 2.05) is 54.6 Å². The summed E-state index contributed by atoms with van der Waals surface area (Å²) < 4.78 is 0. The molecular weight excluding hydrogens is 374 g/mol. The fourth-order valence-electron chi connectivity index (χ4n) is 3.60. The van der Waals surface area contributed by atoms with Crippen LogP contribution in [0.25, 0.3) is 0 Å². The zero-order valence-electron chi connectivity index (χ0n) is 17.9. The molecule has 1 amide bonds. The minimum absolute atomic E-state index is 0.0262. The van der Waals surface area contributed by atoms with Crippen LogP contribution in [-0.2, 0) is 12.3 Å². The fourth-order valence-corrected chi connectivity index (χ4v) is 4.82. The molecular formula is C26H29NOS. The first kappa shape index (κ1) is 21.2. The summed E-state index contributed by atoms with van der Waals surface area (Å²) in [5.74, 6) is 0.837. The van der Waals surface area contributed by atoms with Crippen molar-refractivity contribution in [3.05, 3.63) is 99.1 Å². The quantitative estimate of drug-likeness (QED) is 0.479. The first-order valence-electron chi connectivity index (χ1n) is 10.00. The molecule has 0 radical (unpaired) electrons. The Balaban J connectivity index is 1.77. The molecule has 3 rings (SSSR count). The highest BCUT2D eigenvalue weighted by Crippen LogP contribution is 2.32. The van der Waals surface area contributed by atoms with Crippen LogP contribution < -0.4 is 5.32 Å². The third-order valence-electron chi connectivity index (χ3n) is 5.95. The van der Waals surface area contributed by atoms with E-state index in [0.29, 0.717) is 6.54 Å². The second-order valence-corrected chi connectivity index (χ2v) is 8.57. The lowest BCUT2D eigenvalue weighted by Gasteiger charge is -2.19. The summed E-state index contributed by atoms with van der Waals surface area (Å²) in [5.41, 5.74) is 10.1. The van der Waals surface area contributed by atoms with Crippen LogP contribution in [0.3, 0.4) is 0 Å². The lowest BCUT2D eigenvalue weighted by molar-refractivity contribution is 0.0948. The Morgan fingerprint density at radius 1 is 0.759 bits per heavy atom. The summed E-state index contributed by atoms with van der Waals surface area (Å²) in [7, 11) is 0. The van der Waals surface area contributed by atoms with Gasteiger partial charge in [0.25, 0.3) is 5.91 Å². The van der Waals surface area contributed by atoms with E-state index >= 15 is 0 Å². The van der Waals surface area contributed by atoms with Crippen LogP contribution in [-0.4, -0.2) is 5.91 Å². The maximum Gasteiger partial charge on any atom is 0.252 e. The molecule has 0 fully saturated rings. The molecule has 0 aromatic heterocycles. The van der Waals surface area contributed by atoms with Gasteiger partial charge in [0, 0.05) is 17.2 Å².